The van der Waals surface area contributed by atoms with Crippen LogP contribution in [-0.4, -0.2) is 22.3 Å². The van der Waals surface area contributed by atoms with Crippen molar-refractivity contribution in [3.05, 3.63) is 0 Å². The summed E-state index contributed by atoms with van der Waals surface area (Å²) in [6.45, 7) is -0.537. The summed E-state index contributed by atoms with van der Waals surface area (Å²) in [6.07, 6.45) is 0. The van der Waals surface area contributed by atoms with E-state index in [-0.39, 0.29) is 52.8 Å². The molecule has 0 radical (unpaired) electrons. The smallest absolute Gasteiger partial charge is 1.00 e. The van der Waals surface area contributed by atoms with Gasteiger partial charge in [0, 0.05) is 0 Å². The summed E-state index contributed by atoms with van der Waals surface area (Å²) >= 11 is 0. The number of carbonyl (C=O) groups excluding carboxylic acids is 1. The molecule has 0 bridgehead atoms. The molecule has 0 aliphatic rings. The van der Waals surface area contributed by atoms with Crippen molar-refractivity contribution >= 4 is 13.8 Å². The van der Waals surface area contributed by atoms with E-state index < -0.39 is 20.3 Å². The van der Waals surface area contributed by atoms with E-state index in [2.05, 4.69) is 10.3 Å². The van der Waals surface area contributed by atoms with Crippen molar-refractivity contribution in [2.45, 2.75) is 0 Å². The second-order valence-electron chi connectivity index (χ2n) is 1.16. The van der Waals surface area contributed by atoms with Crippen LogP contribution in [0.4, 0.5) is 0 Å². The van der Waals surface area contributed by atoms with Gasteiger partial charge in [-0.25, -0.2) is 4.57 Å². The van der Waals surface area contributed by atoms with Crippen molar-refractivity contribution in [1.82, 2.24) is 0 Å². The minimum Gasteiger partial charge on any atom is -1.00 e. The molecule has 0 aliphatic carbocycles. The number of rotatable bonds is 2. The molecule has 0 heterocycles. The average molecular weight is 195 g/mol. The first kappa shape index (κ1) is 13.8. The Balaban J connectivity index is -0.000000320. The van der Waals surface area contributed by atoms with Gasteiger partial charge in [0.1, 0.15) is 0 Å². The van der Waals surface area contributed by atoms with E-state index in [4.69, 9.17) is 9.79 Å². The second-order valence-corrected chi connectivity index (χ2v) is 2.32. The SMILES string of the molecule is NCC(=O)OP(=O)(O)O.[H-].[K+]. The second kappa shape index (κ2) is 5.81. The first-order valence-corrected chi connectivity index (χ1v) is 3.47. The van der Waals surface area contributed by atoms with Crippen molar-refractivity contribution < 1.29 is 76.5 Å². The van der Waals surface area contributed by atoms with Gasteiger partial charge in [0.15, 0.2) is 0 Å². The van der Waals surface area contributed by atoms with Gasteiger partial charge in [-0.05, 0) is 0 Å². The molecule has 8 heteroatoms. The van der Waals surface area contributed by atoms with Gasteiger partial charge < -0.3 is 11.7 Å². The zero-order valence-electron chi connectivity index (χ0n) is 6.35. The maximum atomic E-state index is 9.99. The molecular formula is C2H7KNO5P. The molecule has 4 N–H and O–H groups in total. The molecule has 0 rings (SSSR count). The molecular weight excluding hydrogens is 188 g/mol. The Bertz CT molecular complexity index is 159. The fraction of sp³-hybridized carbons (Fsp3) is 0.500. The summed E-state index contributed by atoms with van der Waals surface area (Å²) < 4.78 is 13.3. The quantitative estimate of drug-likeness (QED) is 0.304. The van der Waals surface area contributed by atoms with E-state index in [1.807, 2.05) is 0 Å². The third-order valence-electron chi connectivity index (χ3n) is 0.387. The molecule has 10 heavy (non-hydrogen) atoms. The fourth-order valence-corrected chi connectivity index (χ4v) is 0.510. The Kier molecular flexibility index (Phi) is 8.01. The summed E-state index contributed by atoms with van der Waals surface area (Å²) in [7, 11) is -4.67. The van der Waals surface area contributed by atoms with E-state index in [1.165, 1.54) is 0 Å². The predicted octanol–water partition coefficient (Wildman–Crippen LogP) is -4.30. The summed E-state index contributed by atoms with van der Waals surface area (Å²) in [5, 5.41) is 0. The Morgan fingerprint density at radius 3 is 2.20 bits per heavy atom. The third kappa shape index (κ3) is 9.22. The molecule has 0 amide bonds. The summed E-state index contributed by atoms with van der Waals surface area (Å²) in [5.41, 5.74) is 4.66. The maximum Gasteiger partial charge on any atom is 1.00 e. The minimum absolute atomic E-state index is 0. The largest absolute Gasteiger partial charge is 1.00 e. The van der Waals surface area contributed by atoms with Gasteiger partial charge in [0.2, 0.25) is 0 Å². The van der Waals surface area contributed by atoms with E-state index in [0.29, 0.717) is 0 Å². The summed E-state index contributed by atoms with van der Waals surface area (Å²) in [4.78, 5) is 25.9. The van der Waals surface area contributed by atoms with Crippen LogP contribution in [0.5, 0.6) is 0 Å². The average Bonchev–Trinajstić information content (AvgIpc) is 1.62. The number of hydrogen-bond donors (Lipinski definition) is 3. The summed E-state index contributed by atoms with van der Waals surface area (Å²) in [6, 6.07) is 0. The van der Waals surface area contributed by atoms with E-state index in [1.54, 1.807) is 0 Å². The van der Waals surface area contributed by atoms with Gasteiger partial charge in [-0.2, -0.15) is 0 Å². The van der Waals surface area contributed by atoms with Crippen LogP contribution in [0.25, 0.3) is 0 Å². The van der Waals surface area contributed by atoms with E-state index >= 15 is 0 Å². The Morgan fingerprint density at radius 1 is 1.70 bits per heavy atom. The predicted molar refractivity (Wildman–Crippen MR) is 28.3 cm³/mol. The molecule has 0 atom stereocenters. The Hall–Kier alpha value is 1.22. The maximum absolute atomic E-state index is 9.99. The minimum atomic E-state index is -4.67. The van der Waals surface area contributed by atoms with Gasteiger partial charge in [0.05, 0.1) is 6.54 Å². The standard InChI is InChI=1S/C2H6NO5P.K.H/c3-1-2(4)8-9(5,6)7;;/h1,3H2,(H2,5,6,7);;/q;+1;-1. The molecule has 0 aromatic rings. The van der Waals surface area contributed by atoms with Crippen LogP contribution in [0.3, 0.4) is 0 Å². The first-order chi connectivity index (χ1) is 3.95. The van der Waals surface area contributed by atoms with Crippen molar-refractivity contribution in [3.8, 4) is 0 Å². The molecule has 0 fully saturated rings. The van der Waals surface area contributed by atoms with Crippen LogP contribution in [0.1, 0.15) is 1.43 Å². The molecule has 0 aromatic carbocycles. The van der Waals surface area contributed by atoms with Gasteiger partial charge in [-0.15, -0.1) is 0 Å². The number of phosphoric ester groups is 1. The topological polar surface area (TPSA) is 110 Å². The zero-order valence-corrected chi connectivity index (χ0v) is 9.37. The molecule has 0 aromatic heterocycles. The van der Waals surface area contributed by atoms with Gasteiger partial charge in [0.25, 0.3) is 0 Å². The number of phosphoric acid groups is 1. The number of carbonyl (C=O) groups is 1. The normalized spacial score (nSPS) is 9.90. The van der Waals surface area contributed by atoms with Crippen molar-refractivity contribution in [2.75, 3.05) is 6.54 Å². The van der Waals surface area contributed by atoms with Crippen LogP contribution in [0, 0.1) is 0 Å². The number of hydrogen-bond acceptors (Lipinski definition) is 4. The molecule has 0 saturated heterocycles. The number of nitrogens with two attached hydrogens (primary N) is 1. The van der Waals surface area contributed by atoms with Crippen LogP contribution < -0.4 is 57.1 Å². The van der Waals surface area contributed by atoms with E-state index in [9.17, 15) is 9.36 Å². The van der Waals surface area contributed by atoms with Crippen molar-refractivity contribution in [3.63, 3.8) is 0 Å². The van der Waals surface area contributed by atoms with Gasteiger partial charge in [-0.3, -0.25) is 14.6 Å². The molecule has 56 valence electrons. The Morgan fingerprint density at radius 2 is 2.10 bits per heavy atom. The van der Waals surface area contributed by atoms with Crippen molar-refractivity contribution in [1.29, 1.82) is 0 Å². The third-order valence-corrected chi connectivity index (χ3v) is 0.829. The van der Waals surface area contributed by atoms with Gasteiger partial charge in [-0.1, -0.05) is 0 Å². The summed E-state index contributed by atoms with van der Waals surface area (Å²) in [5.74, 6) is -1.12. The Labute approximate surface area is 101 Å². The van der Waals surface area contributed by atoms with Crippen LogP contribution in [0.15, 0.2) is 0 Å². The molecule has 0 saturated carbocycles. The zero-order chi connectivity index (χ0) is 7.49. The molecule has 0 spiro atoms. The van der Waals surface area contributed by atoms with Crippen LogP contribution in [-0.2, 0) is 13.9 Å². The van der Waals surface area contributed by atoms with E-state index in [0.717, 1.165) is 0 Å². The molecule has 0 unspecified atom stereocenters. The first-order valence-electron chi connectivity index (χ1n) is 1.94. The fourth-order valence-electron chi connectivity index (χ4n) is 0.170. The molecule has 0 aliphatic heterocycles. The van der Waals surface area contributed by atoms with Crippen LogP contribution in [0.2, 0.25) is 0 Å². The molecule has 6 nitrogen and oxygen atoms in total. The van der Waals surface area contributed by atoms with Crippen LogP contribution >= 0.6 is 7.82 Å². The van der Waals surface area contributed by atoms with Crippen molar-refractivity contribution in [2.24, 2.45) is 5.73 Å². The van der Waals surface area contributed by atoms with Gasteiger partial charge >= 0.3 is 65.2 Å². The monoisotopic (exact) mass is 195 g/mol.